The van der Waals surface area contributed by atoms with Crippen molar-refractivity contribution < 1.29 is 24.3 Å². The van der Waals surface area contributed by atoms with Crippen LogP contribution in [0.3, 0.4) is 0 Å². The Morgan fingerprint density at radius 2 is 1.74 bits per heavy atom. The first-order valence-corrected chi connectivity index (χ1v) is 12.9. The summed E-state index contributed by atoms with van der Waals surface area (Å²) in [5, 5.41) is 11.3. The number of nitrogens with zero attached hydrogens (tertiary/aromatic N) is 1. The molecule has 1 heterocycles. The summed E-state index contributed by atoms with van der Waals surface area (Å²) in [6.07, 6.45) is 5.32. The number of allylic oxidation sites excluding steroid dienone is 1. The van der Waals surface area contributed by atoms with E-state index in [2.05, 4.69) is 27.7 Å². The maximum absolute atomic E-state index is 12.9. The smallest absolute Gasteiger partial charge is 0.334 e. The molecule has 0 bridgehead atoms. The third-order valence-corrected chi connectivity index (χ3v) is 6.18. The minimum atomic E-state index is -1.13. The van der Waals surface area contributed by atoms with E-state index in [1.165, 1.54) is 0 Å². The molecule has 6 nitrogen and oxygen atoms in total. The van der Waals surface area contributed by atoms with E-state index < -0.39 is 22.9 Å². The number of hydroxylamine groups is 2. The number of ether oxygens (including phenoxy) is 2. The lowest BCUT2D eigenvalue weighted by molar-refractivity contribution is -0.195. The summed E-state index contributed by atoms with van der Waals surface area (Å²) >= 11 is 0. The van der Waals surface area contributed by atoms with Crippen LogP contribution in [0.15, 0.2) is 42.0 Å². The highest BCUT2D eigenvalue weighted by Crippen LogP contribution is 2.35. The van der Waals surface area contributed by atoms with Crippen LogP contribution >= 0.6 is 0 Å². The van der Waals surface area contributed by atoms with Gasteiger partial charge in [0.05, 0.1) is 19.8 Å². The van der Waals surface area contributed by atoms with Crippen molar-refractivity contribution in [1.29, 1.82) is 0 Å². The summed E-state index contributed by atoms with van der Waals surface area (Å²) in [6, 6.07) is 9.74. The quantitative estimate of drug-likeness (QED) is 0.165. The fourth-order valence-corrected chi connectivity index (χ4v) is 4.68. The van der Waals surface area contributed by atoms with Gasteiger partial charge in [0.1, 0.15) is 0 Å². The molecular weight excluding hydrogens is 442 g/mol. The predicted molar refractivity (Wildman–Crippen MR) is 138 cm³/mol. The molecule has 1 amide bonds. The van der Waals surface area contributed by atoms with Gasteiger partial charge in [0.15, 0.2) is 5.60 Å². The molecule has 1 aliphatic rings. The second-order valence-electron chi connectivity index (χ2n) is 11.9. The first-order chi connectivity index (χ1) is 16.3. The van der Waals surface area contributed by atoms with Crippen LogP contribution in [-0.2, 0) is 25.7 Å². The highest BCUT2D eigenvalue weighted by Gasteiger charge is 2.47. The summed E-state index contributed by atoms with van der Waals surface area (Å²) in [5.41, 5.74) is -0.288. The number of hydrogen-bond donors (Lipinski definition) is 1. The van der Waals surface area contributed by atoms with Crippen molar-refractivity contribution >= 4 is 11.9 Å². The van der Waals surface area contributed by atoms with Crippen molar-refractivity contribution in [3.63, 3.8) is 0 Å². The van der Waals surface area contributed by atoms with Crippen LogP contribution in [0.5, 0.6) is 0 Å². The van der Waals surface area contributed by atoms with E-state index in [0.29, 0.717) is 41.4 Å². The zero-order valence-electron chi connectivity index (χ0n) is 22.7. The molecule has 6 heteroatoms. The Bertz CT molecular complexity index is 846. The minimum Gasteiger partial charge on any atom is -0.451 e. The molecular formula is C29H45NO5. The molecule has 0 saturated carbocycles. The number of esters is 1. The first kappa shape index (κ1) is 29.1. The van der Waals surface area contributed by atoms with Gasteiger partial charge >= 0.3 is 5.97 Å². The standard InChI is InChI=1S/C29H45NO5/c1-21(2)15-24(16-22(3)4)13-14-25-17-29(35-26(25)31,19-30(33)27(32)28(5,6)7)20-34-18-23-11-9-8-10-12-23/h8-12,14,21-22,24,33H,13,15-20H2,1-7H3/b25-14-/t29-/m0/s1. The molecule has 1 fully saturated rings. The van der Waals surface area contributed by atoms with Crippen molar-refractivity contribution in [3.05, 3.63) is 47.5 Å². The number of hydrogen-bond acceptors (Lipinski definition) is 5. The van der Waals surface area contributed by atoms with E-state index in [0.717, 1.165) is 24.8 Å². The molecule has 35 heavy (non-hydrogen) atoms. The molecule has 1 atom stereocenters. The van der Waals surface area contributed by atoms with E-state index in [9.17, 15) is 14.8 Å². The molecule has 1 aromatic rings. The van der Waals surface area contributed by atoms with Crippen LogP contribution in [0.2, 0.25) is 0 Å². The van der Waals surface area contributed by atoms with Crippen LogP contribution in [0.4, 0.5) is 0 Å². The monoisotopic (exact) mass is 487 g/mol. The Hall–Kier alpha value is -2.18. The summed E-state index contributed by atoms with van der Waals surface area (Å²) in [6.45, 7) is 14.4. The van der Waals surface area contributed by atoms with Gasteiger partial charge in [-0.05, 0) is 42.6 Å². The number of amides is 1. The Labute approximate surface area is 211 Å². The van der Waals surface area contributed by atoms with E-state index in [4.69, 9.17) is 9.47 Å². The van der Waals surface area contributed by atoms with Crippen LogP contribution in [0.1, 0.15) is 79.7 Å². The van der Waals surface area contributed by atoms with Crippen LogP contribution in [0.25, 0.3) is 0 Å². The lowest BCUT2D eigenvalue weighted by Crippen LogP contribution is -2.49. The normalized spacial score (nSPS) is 19.7. The average molecular weight is 488 g/mol. The molecule has 0 aromatic heterocycles. The highest BCUT2D eigenvalue weighted by molar-refractivity contribution is 5.91. The molecule has 1 N–H and O–H groups in total. The van der Waals surface area contributed by atoms with Gasteiger partial charge in [-0.15, -0.1) is 0 Å². The molecule has 0 unspecified atom stereocenters. The third-order valence-electron chi connectivity index (χ3n) is 6.18. The molecule has 1 saturated heterocycles. The summed E-state index contributed by atoms with van der Waals surface area (Å²) in [7, 11) is 0. The molecule has 1 aromatic carbocycles. The molecule has 0 radical (unpaired) electrons. The van der Waals surface area contributed by atoms with Gasteiger partial charge in [-0.25, -0.2) is 9.86 Å². The SMILES string of the molecule is CC(C)CC(C/C=C1/C[C@@](COCc2ccccc2)(CN(O)C(=O)C(C)(C)C)OC1=O)CC(C)C. The Morgan fingerprint density at radius 1 is 1.14 bits per heavy atom. The summed E-state index contributed by atoms with van der Waals surface area (Å²) in [5.74, 6) is 0.852. The predicted octanol–water partition coefficient (Wildman–Crippen LogP) is 6.18. The number of carbonyl (C=O) groups excluding carboxylic acids is 2. The maximum atomic E-state index is 12.9. The van der Waals surface area contributed by atoms with Gasteiger partial charge in [-0.1, -0.05) is 84.9 Å². The zero-order chi connectivity index (χ0) is 26.2. The molecule has 1 aliphatic heterocycles. The number of rotatable bonds is 12. The fraction of sp³-hybridized carbons (Fsp3) is 0.655. The number of benzene rings is 1. The van der Waals surface area contributed by atoms with E-state index in [-0.39, 0.29) is 13.2 Å². The molecule has 0 aliphatic carbocycles. The first-order valence-electron chi connectivity index (χ1n) is 12.9. The zero-order valence-corrected chi connectivity index (χ0v) is 22.7. The largest absolute Gasteiger partial charge is 0.451 e. The fourth-order valence-electron chi connectivity index (χ4n) is 4.68. The van der Waals surface area contributed by atoms with Crippen LogP contribution in [0, 0.1) is 23.2 Å². The average Bonchev–Trinajstić information content (AvgIpc) is 3.05. The Balaban J connectivity index is 2.19. The topological polar surface area (TPSA) is 76.1 Å². The number of cyclic esters (lactones) is 1. The lowest BCUT2D eigenvalue weighted by atomic mass is 9.86. The van der Waals surface area contributed by atoms with Crippen molar-refractivity contribution in [3.8, 4) is 0 Å². The molecule has 0 spiro atoms. The Morgan fingerprint density at radius 3 is 2.29 bits per heavy atom. The van der Waals surface area contributed by atoms with Gasteiger partial charge in [0.25, 0.3) is 5.91 Å². The van der Waals surface area contributed by atoms with Crippen molar-refractivity contribution in [2.75, 3.05) is 13.2 Å². The van der Waals surface area contributed by atoms with Crippen molar-refractivity contribution in [2.45, 2.75) is 86.4 Å². The second kappa shape index (κ2) is 12.7. The molecule has 196 valence electrons. The summed E-state index contributed by atoms with van der Waals surface area (Å²) < 4.78 is 11.8. The Kier molecular flexibility index (Phi) is 10.5. The van der Waals surface area contributed by atoms with Gasteiger partial charge in [0, 0.05) is 17.4 Å². The van der Waals surface area contributed by atoms with Gasteiger partial charge in [-0.2, -0.15) is 0 Å². The van der Waals surface area contributed by atoms with Gasteiger partial charge in [0.2, 0.25) is 0 Å². The van der Waals surface area contributed by atoms with Crippen molar-refractivity contribution in [2.24, 2.45) is 23.2 Å². The van der Waals surface area contributed by atoms with Crippen molar-refractivity contribution in [1.82, 2.24) is 5.06 Å². The number of carbonyl (C=O) groups is 2. The molecule has 2 rings (SSSR count). The van der Waals surface area contributed by atoms with E-state index in [1.54, 1.807) is 20.8 Å². The minimum absolute atomic E-state index is 0.0842. The highest BCUT2D eigenvalue weighted by atomic mass is 16.6. The van der Waals surface area contributed by atoms with Crippen LogP contribution in [-0.4, -0.2) is 40.9 Å². The van der Waals surface area contributed by atoms with Gasteiger partial charge < -0.3 is 9.47 Å². The van der Waals surface area contributed by atoms with E-state index in [1.807, 2.05) is 36.4 Å². The lowest BCUT2D eigenvalue weighted by Gasteiger charge is -2.33. The van der Waals surface area contributed by atoms with Gasteiger partial charge in [-0.3, -0.25) is 10.0 Å². The second-order valence-corrected chi connectivity index (χ2v) is 11.9. The summed E-state index contributed by atoms with van der Waals surface area (Å²) in [4.78, 5) is 25.6. The third kappa shape index (κ3) is 9.42. The van der Waals surface area contributed by atoms with E-state index >= 15 is 0 Å². The van der Waals surface area contributed by atoms with Crippen LogP contribution < -0.4 is 0 Å². The maximum Gasteiger partial charge on any atom is 0.334 e.